The van der Waals surface area contributed by atoms with Gasteiger partial charge < -0.3 is 0 Å². The highest BCUT2D eigenvalue weighted by atomic mass is 32.2. The Bertz CT molecular complexity index is 804. The summed E-state index contributed by atoms with van der Waals surface area (Å²) in [7, 11) is -3.96. The van der Waals surface area contributed by atoms with Crippen molar-refractivity contribution in [2.75, 3.05) is 4.72 Å². The third-order valence-corrected chi connectivity index (χ3v) is 4.11. The summed E-state index contributed by atoms with van der Waals surface area (Å²) in [4.78, 5) is 7.32. The summed E-state index contributed by atoms with van der Waals surface area (Å²) in [5, 5.41) is 0. The van der Waals surface area contributed by atoms with Crippen LogP contribution in [0.5, 0.6) is 0 Å². The minimum Gasteiger partial charge on any atom is -0.263 e. The van der Waals surface area contributed by atoms with E-state index in [4.69, 9.17) is 0 Å². The van der Waals surface area contributed by atoms with Gasteiger partial charge in [0.15, 0.2) is 0 Å². The van der Waals surface area contributed by atoms with E-state index in [1.165, 1.54) is 12.3 Å². The summed E-state index contributed by atoms with van der Waals surface area (Å²) in [5.41, 5.74) is -0.581. The van der Waals surface area contributed by atoms with Gasteiger partial charge in [0.1, 0.15) is 10.7 Å². The fourth-order valence-corrected chi connectivity index (χ4v) is 2.84. The molecule has 9 heteroatoms. The molecule has 2 aromatic heterocycles. The molecule has 0 unspecified atom stereocenters. The van der Waals surface area contributed by atoms with Crippen LogP contribution in [0.1, 0.15) is 16.8 Å². The van der Waals surface area contributed by atoms with Gasteiger partial charge in [-0.1, -0.05) is 0 Å². The molecule has 2 heterocycles. The number of halogens is 3. The van der Waals surface area contributed by atoms with E-state index in [0.29, 0.717) is 5.56 Å². The maximum Gasteiger partial charge on any atom is 0.418 e. The minimum atomic E-state index is -4.53. The highest BCUT2D eigenvalue weighted by molar-refractivity contribution is 7.92. The van der Waals surface area contributed by atoms with Crippen LogP contribution in [0, 0.1) is 13.8 Å². The van der Waals surface area contributed by atoms with Gasteiger partial charge in [-0.3, -0.25) is 9.71 Å². The first-order chi connectivity index (χ1) is 10.1. The van der Waals surface area contributed by atoms with Crippen LogP contribution < -0.4 is 4.72 Å². The van der Waals surface area contributed by atoms with Crippen LogP contribution in [0.4, 0.5) is 19.0 Å². The van der Waals surface area contributed by atoms with E-state index in [1.54, 1.807) is 6.92 Å². The van der Waals surface area contributed by atoms with Crippen LogP contribution in [0.2, 0.25) is 0 Å². The number of aromatic nitrogens is 2. The zero-order chi connectivity index (χ0) is 16.5. The lowest BCUT2D eigenvalue weighted by Gasteiger charge is -2.12. The number of sulfonamides is 1. The molecule has 5 nitrogen and oxygen atoms in total. The van der Waals surface area contributed by atoms with E-state index in [2.05, 4.69) is 14.7 Å². The standard InChI is InChI=1S/C13H12F3N3O2S/c1-8-5-10(7-17-6-8)22(20,21)19-12-4-3-11(9(2)18-12)13(14,15)16/h3-7H,1-2H3,(H,18,19). The summed E-state index contributed by atoms with van der Waals surface area (Å²) in [6.45, 7) is 2.83. The Labute approximate surface area is 125 Å². The molecule has 1 N–H and O–H groups in total. The smallest absolute Gasteiger partial charge is 0.263 e. The predicted octanol–water partition coefficient (Wildman–Crippen LogP) is 2.91. The second-order valence-corrected chi connectivity index (χ2v) is 6.31. The molecule has 2 rings (SSSR count). The second kappa shape index (κ2) is 5.56. The molecule has 22 heavy (non-hydrogen) atoms. The molecule has 2 aromatic rings. The van der Waals surface area contributed by atoms with Crippen LogP contribution in [-0.4, -0.2) is 18.4 Å². The monoisotopic (exact) mass is 331 g/mol. The zero-order valence-electron chi connectivity index (χ0n) is 11.6. The molecule has 0 atom stereocenters. The van der Waals surface area contributed by atoms with E-state index in [0.717, 1.165) is 25.3 Å². The molecular weight excluding hydrogens is 319 g/mol. The molecule has 0 bridgehead atoms. The number of anilines is 1. The van der Waals surface area contributed by atoms with Crippen molar-refractivity contribution in [3.05, 3.63) is 47.4 Å². The third-order valence-electron chi connectivity index (χ3n) is 2.79. The molecule has 0 aliphatic heterocycles. The van der Waals surface area contributed by atoms with Crippen molar-refractivity contribution in [2.45, 2.75) is 24.9 Å². The van der Waals surface area contributed by atoms with Crippen LogP contribution >= 0.6 is 0 Å². The lowest BCUT2D eigenvalue weighted by molar-refractivity contribution is -0.138. The zero-order valence-corrected chi connectivity index (χ0v) is 12.5. The van der Waals surface area contributed by atoms with Crippen molar-refractivity contribution < 1.29 is 21.6 Å². The molecular formula is C13H12F3N3O2S. The maximum absolute atomic E-state index is 12.6. The summed E-state index contributed by atoms with van der Waals surface area (Å²) in [6, 6.07) is 3.15. The molecule has 0 aliphatic rings. The molecule has 0 fully saturated rings. The van der Waals surface area contributed by atoms with Gasteiger partial charge in [-0.2, -0.15) is 13.2 Å². The number of hydrogen-bond acceptors (Lipinski definition) is 4. The number of hydrogen-bond donors (Lipinski definition) is 1. The average Bonchev–Trinajstić information content (AvgIpc) is 2.36. The van der Waals surface area contributed by atoms with Gasteiger partial charge in [0.2, 0.25) is 0 Å². The van der Waals surface area contributed by atoms with Crippen molar-refractivity contribution in [2.24, 2.45) is 0 Å². The van der Waals surface area contributed by atoms with Crippen molar-refractivity contribution in [1.82, 2.24) is 9.97 Å². The molecule has 0 saturated heterocycles. The SMILES string of the molecule is Cc1cncc(S(=O)(=O)Nc2ccc(C(F)(F)F)c(C)n2)c1. The van der Waals surface area contributed by atoms with E-state index in [1.807, 2.05) is 0 Å². The molecule has 0 aliphatic carbocycles. The number of pyridine rings is 2. The molecule has 118 valence electrons. The number of nitrogens with one attached hydrogen (secondary N) is 1. The van der Waals surface area contributed by atoms with Crippen LogP contribution in [0.3, 0.4) is 0 Å². The summed E-state index contributed by atoms with van der Waals surface area (Å²) in [5.74, 6) is -0.188. The lowest BCUT2D eigenvalue weighted by Crippen LogP contribution is -2.16. The number of aryl methyl sites for hydroxylation is 2. The van der Waals surface area contributed by atoms with E-state index in [9.17, 15) is 21.6 Å². The van der Waals surface area contributed by atoms with Gasteiger partial charge in [0, 0.05) is 12.4 Å². The van der Waals surface area contributed by atoms with Gasteiger partial charge in [0.25, 0.3) is 10.0 Å². The largest absolute Gasteiger partial charge is 0.418 e. The van der Waals surface area contributed by atoms with Crippen molar-refractivity contribution >= 4 is 15.8 Å². The second-order valence-electron chi connectivity index (χ2n) is 4.63. The minimum absolute atomic E-state index is 0.0909. The normalized spacial score (nSPS) is 12.2. The Morgan fingerprint density at radius 2 is 1.82 bits per heavy atom. The quantitative estimate of drug-likeness (QED) is 0.939. The molecule has 0 aromatic carbocycles. The number of rotatable bonds is 3. The maximum atomic E-state index is 12.6. The fourth-order valence-electron chi connectivity index (χ4n) is 1.79. The van der Waals surface area contributed by atoms with Gasteiger partial charge >= 0.3 is 6.18 Å². The van der Waals surface area contributed by atoms with Crippen molar-refractivity contribution in [3.8, 4) is 0 Å². The van der Waals surface area contributed by atoms with Gasteiger partial charge in [0.05, 0.1) is 11.3 Å². The first-order valence-electron chi connectivity index (χ1n) is 6.09. The number of nitrogens with zero attached hydrogens (tertiary/aromatic N) is 2. The molecule has 0 saturated carbocycles. The molecule has 0 spiro atoms. The predicted molar refractivity (Wildman–Crippen MR) is 73.8 cm³/mol. The molecule has 0 radical (unpaired) electrons. The first kappa shape index (κ1) is 16.2. The lowest BCUT2D eigenvalue weighted by atomic mass is 10.2. The van der Waals surface area contributed by atoms with Gasteiger partial charge in [-0.15, -0.1) is 0 Å². The van der Waals surface area contributed by atoms with Gasteiger partial charge in [-0.25, -0.2) is 13.4 Å². The van der Waals surface area contributed by atoms with Crippen LogP contribution in [-0.2, 0) is 16.2 Å². The van der Waals surface area contributed by atoms with E-state index < -0.39 is 21.8 Å². The highest BCUT2D eigenvalue weighted by Crippen LogP contribution is 2.31. The first-order valence-corrected chi connectivity index (χ1v) is 7.57. The van der Waals surface area contributed by atoms with Crippen molar-refractivity contribution in [1.29, 1.82) is 0 Å². The van der Waals surface area contributed by atoms with E-state index in [-0.39, 0.29) is 16.4 Å². The Kier molecular flexibility index (Phi) is 4.10. The Balaban J connectivity index is 2.33. The average molecular weight is 331 g/mol. The van der Waals surface area contributed by atoms with Crippen LogP contribution in [0.25, 0.3) is 0 Å². The highest BCUT2D eigenvalue weighted by Gasteiger charge is 2.33. The number of alkyl halides is 3. The van der Waals surface area contributed by atoms with Gasteiger partial charge in [-0.05, 0) is 37.6 Å². The summed E-state index contributed by atoms with van der Waals surface area (Å²) in [6.07, 6.45) is -1.90. The van der Waals surface area contributed by atoms with Crippen molar-refractivity contribution in [3.63, 3.8) is 0 Å². The third kappa shape index (κ3) is 3.53. The Morgan fingerprint density at radius 3 is 2.36 bits per heavy atom. The summed E-state index contributed by atoms with van der Waals surface area (Å²) < 4.78 is 64.3. The molecule has 0 amide bonds. The van der Waals surface area contributed by atoms with E-state index >= 15 is 0 Å². The van der Waals surface area contributed by atoms with Crippen LogP contribution in [0.15, 0.2) is 35.5 Å². The Morgan fingerprint density at radius 1 is 1.14 bits per heavy atom. The summed E-state index contributed by atoms with van der Waals surface area (Å²) >= 11 is 0. The fraction of sp³-hybridized carbons (Fsp3) is 0.231. The topological polar surface area (TPSA) is 72.0 Å². The Hall–Kier alpha value is -2.16.